The van der Waals surface area contributed by atoms with Crippen molar-refractivity contribution in [3.8, 4) is 0 Å². The van der Waals surface area contributed by atoms with Gasteiger partial charge in [-0.15, -0.1) is 6.58 Å². The molecule has 0 atom stereocenters. The summed E-state index contributed by atoms with van der Waals surface area (Å²) in [4.78, 5) is 26.1. The van der Waals surface area contributed by atoms with Crippen LogP contribution in [0.15, 0.2) is 53.8 Å². The van der Waals surface area contributed by atoms with Crippen LogP contribution in [0, 0.1) is 0 Å². The van der Waals surface area contributed by atoms with Gasteiger partial charge >= 0.3 is 5.97 Å². The lowest BCUT2D eigenvalue weighted by atomic mass is 10.0. The third-order valence-electron chi connectivity index (χ3n) is 3.37. The third-order valence-corrected chi connectivity index (χ3v) is 3.61. The maximum absolute atomic E-state index is 12.6. The number of carbonyl (C=O) groups is 2. The lowest BCUT2D eigenvalue weighted by Crippen LogP contribution is -2.24. The Kier molecular flexibility index (Phi) is 4.83. The molecule has 0 spiro atoms. The van der Waals surface area contributed by atoms with Crippen LogP contribution in [0.5, 0.6) is 0 Å². The van der Waals surface area contributed by atoms with Gasteiger partial charge in [-0.05, 0) is 30.7 Å². The van der Waals surface area contributed by atoms with Crippen molar-refractivity contribution >= 4 is 29.6 Å². The number of rotatable bonds is 4. The van der Waals surface area contributed by atoms with Crippen molar-refractivity contribution < 1.29 is 14.3 Å². The highest BCUT2D eigenvalue weighted by molar-refractivity contribution is 6.30. The largest absolute Gasteiger partial charge is 0.465 e. The molecule has 1 aliphatic heterocycles. The Hall–Kier alpha value is -2.33. The van der Waals surface area contributed by atoms with Crippen molar-refractivity contribution in [2.75, 3.05) is 13.7 Å². The number of halogens is 1. The quantitative estimate of drug-likeness (QED) is 0.487. The van der Waals surface area contributed by atoms with Crippen LogP contribution < -0.4 is 0 Å². The van der Waals surface area contributed by atoms with Gasteiger partial charge in [0.1, 0.15) is 0 Å². The van der Waals surface area contributed by atoms with E-state index >= 15 is 0 Å². The van der Waals surface area contributed by atoms with Crippen LogP contribution in [0.1, 0.15) is 12.5 Å². The fourth-order valence-electron chi connectivity index (χ4n) is 2.34. The van der Waals surface area contributed by atoms with Crippen LogP contribution in [-0.2, 0) is 14.3 Å². The zero-order valence-corrected chi connectivity index (χ0v) is 13.2. The van der Waals surface area contributed by atoms with Crippen molar-refractivity contribution in [3.05, 3.63) is 64.3 Å². The Balaban J connectivity index is 2.54. The molecule has 0 saturated carbocycles. The summed E-state index contributed by atoms with van der Waals surface area (Å²) in [6.45, 7) is 5.68. The van der Waals surface area contributed by atoms with Gasteiger partial charge in [-0.1, -0.05) is 29.8 Å². The summed E-state index contributed by atoms with van der Waals surface area (Å²) in [5.74, 6) is -0.788. The van der Waals surface area contributed by atoms with Gasteiger partial charge in [0, 0.05) is 17.3 Å². The van der Waals surface area contributed by atoms with Gasteiger partial charge in [-0.3, -0.25) is 4.79 Å². The minimum atomic E-state index is -0.536. The van der Waals surface area contributed by atoms with E-state index in [1.54, 1.807) is 37.3 Å². The second kappa shape index (κ2) is 6.62. The molecule has 0 radical (unpaired) electrons. The average Bonchev–Trinajstić information content (AvgIpc) is 2.72. The molecule has 0 aromatic heterocycles. The fourth-order valence-corrected chi connectivity index (χ4v) is 2.54. The summed E-state index contributed by atoms with van der Waals surface area (Å²) in [7, 11) is 1.29. The Morgan fingerprint density at radius 3 is 2.77 bits per heavy atom. The van der Waals surface area contributed by atoms with E-state index in [0.29, 0.717) is 22.8 Å². The van der Waals surface area contributed by atoms with Gasteiger partial charge < -0.3 is 9.64 Å². The predicted molar refractivity (Wildman–Crippen MR) is 86.1 cm³/mol. The number of nitrogens with zero attached hydrogens (tertiary/aromatic N) is 1. The summed E-state index contributed by atoms with van der Waals surface area (Å²) in [5, 5.41) is 0.558. The number of methoxy groups -OCH3 is 1. The maximum atomic E-state index is 12.6. The van der Waals surface area contributed by atoms with Gasteiger partial charge in [-0.25, -0.2) is 4.79 Å². The Bertz CT molecular complexity index is 704. The molecule has 0 bridgehead atoms. The van der Waals surface area contributed by atoms with Gasteiger partial charge in [0.15, 0.2) is 0 Å². The monoisotopic (exact) mass is 317 g/mol. The molecule has 1 heterocycles. The molecule has 1 aliphatic rings. The van der Waals surface area contributed by atoms with Gasteiger partial charge in [0.05, 0.1) is 18.3 Å². The molecule has 0 fully saturated rings. The first-order valence-electron chi connectivity index (χ1n) is 6.69. The van der Waals surface area contributed by atoms with Gasteiger partial charge in [0.2, 0.25) is 0 Å². The minimum Gasteiger partial charge on any atom is -0.465 e. The fraction of sp³-hybridized carbons (Fsp3) is 0.176. The summed E-state index contributed by atoms with van der Waals surface area (Å²) in [6.07, 6.45) is 3.26. The highest BCUT2D eigenvalue weighted by atomic mass is 35.5. The lowest BCUT2D eigenvalue weighted by molar-refractivity contribution is -0.136. The van der Waals surface area contributed by atoms with E-state index in [1.165, 1.54) is 12.0 Å². The number of ether oxygens (including phenoxy) is 1. The molecule has 22 heavy (non-hydrogen) atoms. The van der Waals surface area contributed by atoms with Gasteiger partial charge in [0.25, 0.3) is 5.91 Å². The highest BCUT2D eigenvalue weighted by Gasteiger charge is 2.36. The second-order valence-electron chi connectivity index (χ2n) is 4.77. The predicted octanol–water partition coefficient (Wildman–Crippen LogP) is 3.20. The third kappa shape index (κ3) is 2.97. The molecule has 0 saturated heterocycles. The molecular weight excluding hydrogens is 302 g/mol. The summed E-state index contributed by atoms with van der Waals surface area (Å²) < 4.78 is 4.80. The normalized spacial score (nSPS) is 16.4. The zero-order valence-electron chi connectivity index (χ0n) is 12.4. The molecule has 1 aromatic rings. The van der Waals surface area contributed by atoms with Gasteiger partial charge in [-0.2, -0.15) is 0 Å². The molecule has 0 unspecified atom stereocenters. The summed E-state index contributed by atoms with van der Waals surface area (Å²) >= 11 is 5.96. The maximum Gasteiger partial charge on any atom is 0.340 e. The average molecular weight is 318 g/mol. The Morgan fingerprint density at radius 2 is 2.18 bits per heavy atom. The SMILES string of the molecule is C=CCN1C(=O)/C(=C\c2cccc(Cl)c2)C(C(=O)OC)=C1C. The smallest absolute Gasteiger partial charge is 0.340 e. The molecule has 1 amide bonds. The first-order valence-corrected chi connectivity index (χ1v) is 7.07. The molecular formula is C17H16ClNO3. The number of carbonyl (C=O) groups excluding carboxylic acids is 2. The van der Waals surface area contributed by atoms with E-state index in [-0.39, 0.29) is 11.5 Å². The molecule has 0 aliphatic carbocycles. The van der Waals surface area contributed by atoms with E-state index < -0.39 is 5.97 Å². The van der Waals surface area contributed by atoms with Crippen molar-refractivity contribution in [3.63, 3.8) is 0 Å². The van der Waals surface area contributed by atoms with E-state index in [2.05, 4.69) is 6.58 Å². The van der Waals surface area contributed by atoms with E-state index in [0.717, 1.165) is 5.56 Å². The van der Waals surface area contributed by atoms with E-state index in [9.17, 15) is 9.59 Å². The zero-order chi connectivity index (χ0) is 16.3. The molecule has 4 nitrogen and oxygen atoms in total. The Morgan fingerprint density at radius 1 is 1.45 bits per heavy atom. The second-order valence-corrected chi connectivity index (χ2v) is 5.21. The van der Waals surface area contributed by atoms with Crippen molar-refractivity contribution in [1.82, 2.24) is 4.90 Å². The Labute approximate surface area is 134 Å². The number of allylic oxidation sites excluding steroid dienone is 1. The van der Waals surface area contributed by atoms with Crippen molar-refractivity contribution in [2.45, 2.75) is 6.92 Å². The number of hydrogen-bond acceptors (Lipinski definition) is 3. The number of hydrogen-bond donors (Lipinski definition) is 0. The van der Waals surface area contributed by atoms with Crippen molar-refractivity contribution in [1.29, 1.82) is 0 Å². The number of amides is 1. The molecule has 2 rings (SSSR count). The van der Waals surface area contributed by atoms with Crippen LogP contribution in [-0.4, -0.2) is 30.4 Å². The highest BCUT2D eigenvalue weighted by Crippen LogP contribution is 2.31. The van der Waals surface area contributed by atoms with Crippen LogP contribution >= 0.6 is 11.6 Å². The molecule has 0 N–H and O–H groups in total. The molecule has 5 heteroatoms. The standard InChI is InChI=1S/C17H16ClNO3/c1-4-8-19-11(2)15(17(21)22-3)14(16(19)20)10-12-6-5-7-13(18)9-12/h4-7,9-10H,1,8H2,2-3H3/b14-10-. The molecule has 114 valence electrons. The van der Waals surface area contributed by atoms with E-state index in [1.807, 2.05) is 6.07 Å². The van der Waals surface area contributed by atoms with Crippen LogP contribution in [0.2, 0.25) is 5.02 Å². The topological polar surface area (TPSA) is 46.6 Å². The van der Waals surface area contributed by atoms with E-state index in [4.69, 9.17) is 16.3 Å². The number of benzene rings is 1. The summed E-state index contributed by atoms with van der Waals surface area (Å²) in [6, 6.07) is 7.06. The number of esters is 1. The first kappa shape index (κ1) is 16.0. The van der Waals surface area contributed by atoms with Crippen molar-refractivity contribution in [2.24, 2.45) is 0 Å². The summed E-state index contributed by atoms with van der Waals surface area (Å²) in [5.41, 5.74) is 1.87. The van der Waals surface area contributed by atoms with Crippen LogP contribution in [0.4, 0.5) is 0 Å². The lowest BCUT2D eigenvalue weighted by Gasteiger charge is -2.14. The molecule has 1 aromatic carbocycles. The minimum absolute atomic E-state index is 0.252. The van der Waals surface area contributed by atoms with Crippen LogP contribution in [0.25, 0.3) is 6.08 Å². The first-order chi connectivity index (χ1) is 10.5. The van der Waals surface area contributed by atoms with Crippen LogP contribution in [0.3, 0.4) is 0 Å².